The van der Waals surface area contributed by atoms with Crippen LogP contribution in [-0.4, -0.2) is 5.91 Å². The van der Waals surface area contributed by atoms with Gasteiger partial charge in [0.15, 0.2) is 12.4 Å². The summed E-state index contributed by atoms with van der Waals surface area (Å²) < 4.78 is 15.4. The lowest BCUT2D eigenvalue weighted by Gasteiger charge is -2.05. The highest BCUT2D eigenvalue weighted by Crippen LogP contribution is 2.18. The second-order valence-corrected chi connectivity index (χ2v) is 5.35. The van der Waals surface area contributed by atoms with Gasteiger partial charge in [0.05, 0.1) is 5.69 Å². The number of pyridine rings is 1. The maximum Gasteiger partial charge on any atom is 0.290 e. The van der Waals surface area contributed by atoms with Crippen molar-refractivity contribution in [3.63, 3.8) is 0 Å². The van der Waals surface area contributed by atoms with Crippen LogP contribution in [0.2, 0.25) is 5.02 Å². The van der Waals surface area contributed by atoms with Crippen LogP contribution in [0, 0.1) is 5.82 Å². The zero-order valence-electron chi connectivity index (χ0n) is 11.6. The molecule has 0 bridgehead atoms. The molecule has 0 unspecified atom stereocenters. The summed E-state index contributed by atoms with van der Waals surface area (Å²) in [7, 11) is 0. The van der Waals surface area contributed by atoms with Gasteiger partial charge in [-0.15, -0.1) is 0 Å². The average molecular weight is 316 g/mol. The van der Waals surface area contributed by atoms with Crippen LogP contribution in [-0.2, 0) is 11.3 Å². The van der Waals surface area contributed by atoms with E-state index in [-0.39, 0.29) is 18.1 Å². The molecule has 1 heterocycles. The molecule has 3 nitrogen and oxygen atoms in total. The van der Waals surface area contributed by atoms with Crippen molar-refractivity contribution in [1.82, 2.24) is 0 Å². The van der Waals surface area contributed by atoms with Gasteiger partial charge in [-0.3, -0.25) is 4.79 Å². The van der Waals surface area contributed by atoms with Gasteiger partial charge in [-0.2, -0.15) is 4.57 Å². The van der Waals surface area contributed by atoms with Crippen molar-refractivity contribution in [2.75, 3.05) is 5.32 Å². The van der Waals surface area contributed by atoms with Crippen LogP contribution in [0.1, 0.15) is 0 Å². The molecule has 5 heteroatoms. The molecule has 1 N–H and O–H groups in total. The Bertz CT molecular complexity index is 851. The van der Waals surface area contributed by atoms with E-state index >= 15 is 0 Å². The Morgan fingerprint density at radius 1 is 1.14 bits per heavy atom. The fourth-order valence-corrected chi connectivity index (χ4v) is 2.38. The predicted octanol–water partition coefficient (Wildman–Crippen LogP) is 3.56. The summed E-state index contributed by atoms with van der Waals surface area (Å²) in [6, 6.07) is 14.0. The molecule has 2 aromatic carbocycles. The molecule has 0 aliphatic carbocycles. The Morgan fingerprint density at radius 2 is 1.91 bits per heavy atom. The minimum Gasteiger partial charge on any atom is -0.318 e. The molecule has 0 aliphatic rings. The minimum atomic E-state index is -0.552. The SMILES string of the molecule is O=C(C[n+]1ccc2ccccc2c1)Nc1ccc(Cl)cc1F. The summed E-state index contributed by atoms with van der Waals surface area (Å²) in [5.74, 6) is -0.856. The quantitative estimate of drug-likeness (QED) is 0.737. The van der Waals surface area contributed by atoms with E-state index < -0.39 is 5.82 Å². The van der Waals surface area contributed by atoms with Crippen molar-refractivity contribution in [1.29, 1.82) is 0 Å². The normalized spacial score (nSPS) is 10.6. The number of nitrogens with zero attached hydrogens (tertiary/aromatic N) is 1. The predicted molar refractivity (Wildman–Crippen MR) is 84.2 cm³/mol. The van der Waals surface area contributed by atoms with E-state index in [1.165, 1.54) is 18.2 Å². The van der Waals surface area contributed by atoms with Gasteiger partial charge >= 0.3 is 0 Å². The summed E-state index contributed by atoms with van der Waals surface area (Å²) in [5.41, 5.74) is 0.121. The van der Waals surface area contributed by atoms with Gasteiger partial charge in [0.2, 0.25) is 6.54 Å². The first-order valence-corrected chi connectivity index (χ1v) is 7.12. The molecule has 1 amide bonds. The summed E-state index contributed by atoms with van der Waals surface area (Å²) in [6.07, 6.45) is 3.70. The molecular formula is C17H13ClFN2O+. The van der Waals surface area contributed by atoms with Crippen molar-refractivity contribution in [2.24, 2.45) is 0 Å². The van der Waals surface area contributed by atoms with E-state index in [1.54, 1.807) is 4.57 Å². The number of carbonyl (C=O) groups is 1. The van der Waals surface area contributed by atoms with Crippen LogP contribution in [0.15, 0.2) is 60.9 Å². The number of hydrogen-bond acceptors (Lipinski definition) is 1. The Morgan fingerprint density at radius 3 is 2.68 bits per heavy atom. The van der Waals surface area contributed by atoms with Gasteiger partial charge in [0, 0.05) is 16.5 Å². The van der Waals surface area contributed by atoms with Crippen molar-refractivity contribution in [3.8, 4) is 0 Å². The van der Waals surface area contributed by atoms with Crippen LogP contribution in [0.3, 0.4) is 0 Å². The second kappa shape index (κ2) is 6.12. The number of aromatic nitrogens is 1. The van der Waals surface area contributed by atoms with Crippen molar-refractivity contribution in [2.45, 2.75) is 6.54 Å². The number of fused-ring (bicyclic) bond motifs is 1. The number of hydrogen-bond donors (Lipinski definition) is 1. The fraction of sp³-hybridized carbons (Fsp3) is 0.0588. The summed E-state index contributed by atoms with van der Waals surface area (Å²) in [6.45, 7) is 0.104. The average Bonchev–Trinajstić information content (AvgIpc) is 2.50. The van der Waals surface area contributed by atoms with Crippen LogP contribution in [0.5, 0.6) is 0 Å². The highest BCUT2D eigenvalue weighted by atomic mass is 35.5. The molecule has 0 saturated carbocycles. The van der Waals surface area contributed by atoms with Crippen molar-refractivity contribution in [3.05, 3.63) is 71.8 Å². The third-order valence-electron chi connectivity index (χ3n) is 3.28. The van der Waals surface area contributed by atoms with Gasteiger partial charge in [-0.1, -0.05) is 29.8 Å². The molecule has 110 valence electrons. The first-order valence-electron chi connectivity index (χ1n) is 6.74. The zero-order valence-corrected chi connectivity index (χ0v) is 12.3. The maximum absolute atomic E-state index is 13.7. The molecule has 0 aliphatic heterocycles. The van der Waals surface area contributed by atoms with Gasteiger partial charge in [0.1, 0.15) is 5.82 Å². The lowest BCUT2D eigenvalue weighted by atomic mass is 10.2. The third kappa shape index (κ3) is 3.23. The van der Waals surface area contributed by atoms with Crippen LogP contribution >= 0.6 is 11.6 Å². The lowest BCUT2D eigenvalue weighted by Crippen LogP contribution is -2.39. The second-order valence-electron chi connectivity index (χ2n) is 4.92. The number of halogens is 2. The fourth-order valence-electron chi connectivity index (χ4n) is 2.22. The molecule has 0 saturated heterocycles. The Kier molecular flexibility index (Phi) is 4.02. The van der Waals surface area contributed by atoms with Gasteiger partial charge in [-0.25, -0.2) is 4.39 Å². The topological polar surface area (TPSA) is 33.0 Å². The van der Waals surface area contributed by atoms with E-state index in [2.05, 4.69) is 5.32 Å². The summed E-state index contributed by atoms with van der Waals surface area (Å²) in [5, 5.41) is 4.97. The number of rotatable bonds is 3. The molecule has 22 heavy (non-hydrogen) atoms. The van der Waals surface area contributed by atoms with Gasteiger partial charge < -0.3 is 5.32 Å². The molecule has 1 aromatic heterocycles. The van der Waals surface area contributed by atoms with Crippen LogP contribution in [0.4, 0.5) is 10.1 Å². The molecule has 3 rings (SSSR count). The molecular weight excluding hydrogens is 303 g/mol. The molecule has 3 aromatic rings. The maximum atomic E-state index is 13.7. The molecule has 0 atom stereocenters. The van der Waals surface area contributed by atoms with E-state index in [1.807, 2.05) is 42.7 Å². The number of anilines is 1. The highest BCUT2D eigenvalue weighted by molar-refractivity contribution is 6.30. The number of benzene rings is 2. The highest BCUT2D eigenvalue weighted by Gasteiger charge is 2.12. The van der Waals surface area contributed by atoms with Crippen LogP contribution < -0.4 is 9.88 Å². The van der Waals surface area contributed by atoms with Gasteiger partial charge in [0.25, 0.3) is 5.91 Å². The first-order chi connectivity index (χ1) is 10.6. The van der Waals surface area contributed by atoms with E-state index in [0.29, 0.717) is 5.02 Å². The smallest absolute Gasteiger partial charge is 0.290 e. The van der Waals surface area contributed by atoms with E-state index in [0.717, 1.165) is 10.8 Å². The number of carbonyl (C=O) groups excluding carboxylic acids is 1. The summed E-state index contributed by atoms with van der Waals surface area (Å²) in [4.78, 5) is 12.0. The van der Waals surface area contributed by atoms with E-state index in [9.17, 15) is 9.18 Å². The third-order valence-corrected chi connectivity index (χ3v) is 3.51. The standard InChI is InChI=1S/C17H12ClFN2O/c18-14-5-6-16(15(19)9-14)20-17(22)11-21-8-7-12-3-1-2-4-13(12)10-21/h1-10H,11H2/p+1. The molecule has 0 spiro atoms. The Balaban J connectivity index is 1.75. The monoisotopic (exact) mass is 315 g/mol. The largest absolute Gasteiger partial charge is 0.318 e. The Labute approximate surface area is 132 Å². The molecule has 0 radical (unpaired) electrons. The Hall–Kier alpha value is -2.46. The van der Waals surface area contributed by atoms with Crippen molar-refractivity contribution >= 4 is 34.0 Å². The summed E-state index contributed by atoms with van der Waals surface area (Å²) >= 11 is 5.68. The molecule has 0 fully saturated rings. The van der Waals surface area contributed by atoms with E-state index in [4.69, 9.17) is 11.6 Å². The number of nitrogens with one attached hydrogen (secondary N) is 1. The zero-order chi connectivity index (χ0) is 15.5. The lowest BCUT2D eigenvalue weighted by molar-refractivity contribution is -0.682. The minimum absolute atomic E-state index is 0.104. The van der Waals surface area contributed by atoms with Crippen LogP contribution in [0.25, 0.3) is 10.8 Å². The van der Waals surface area contributed by atoms with Gasteiger partial charge in [-0.05, 0) is 29.7 Å². The number of amides is 1. The first kappa shape index (κ1) is 14.5. The van der Waals surface area contributed by atoms with Crippen molar-refractivity contribution < 1.29 is 13.8 Å².